The van der Waals surface area contributed by atoms with Crippen molar-refractivity contribution >= 4 is 23.6 Å². The van der Waals surface area contributed by atoms with Crippen LogP contribution in [0.5, 0.6) is 0 Å². The second kappa shape index (κ2) is 11.7. The summed E-state index contributed by atoms with van der Waals surface area (Å²) in [6.07, 6.45) is 1.88. The van der Waals surface area contributed by atoms with Gasteiger partial charge in [-0.25, -0.2) is 0 Å². The Bertz CT molecular complexity index is 975. The van der Waals surface area contributed by atoms with E-state index in [-0.39, 0.29) is 5.91 Å². The lowest BCUT2D eigenvalue weighted by atomic mass is 10.1. The second-order valence-corrected chi connectivity index (χ2v) is 8.62. The van der Waals surface area contributed by atoms with Crippen molar-refractivity contribution in [3.05, 3.63) is 71.8 Å². The third-order valence-electron chi connectivity index (χ3n) is 5.31. The zero-order chi connectivity index (χ0) is 22.0. The highest BCUT2D eigenvalue weighted by atomic mass is 32.2. The predicted octanol–water partition coefficient (Wildman–Crippen LogP) is 3.00. The topological polar surface area (TPSA) is 72.3 Å². The van der Waals surface area contributed by atoms with Crippen molar-refractivity contribution in [2.45, 2.75) is 24.5 Å². The highest BCUT2D eigenvalue weighted by Crippen LogP contribution is 2.24. The molecule has 0 radical (unpaired) electrons. The van der Waals surface area contributed by atoms with Gasteiger partial charge in [0.25, 0.3) is 0 Å². The third-order valence-corrected chi connectivity index (χ3v) is 6.28. The van der Waals surface area contributed by atoms with Gasteiger partial charge in [-0.15, -0.1) is 10.2 Å². The molecule has 0 aliphatic carbocycles. The van der Waals surface area contributed by atoms with Crippen molar-refractivity contribution in [2.24, 2.45) is 0 Å². The minimum absolute atomic E-state index is 0.0187. The zero-order valence-electron chi connectivity index (χ0n) is 18.2. The molecule has 0 atom stereocenters. The summed E-state index contributed by atoms with van der Waals surface area (Å²) in [6, 6.07) is 20.6. The number of ether oxygens (including phenoxy) is 1. The molecule has 0 spiro atoms. The number of hydrogen-bond acceptors (Lipinski definition) is 6. The molecule has 32 heavy (non-hydrogen) atoms. The van der Waals surface area contributed by atoms with Gasteiger partial charge in [-0.2, -0.15) is 0 Å². The van der Waals surface area contributed by atoms with Crippen LogP contribution in [-0.2, 0) is 22.5 Å². The normalized spacial score (nSPS) is 13.8. The van der Waals surface area contributed by atoms with Crippen LogP contribution < -0.4 is 10.2 Å². The van der Waals surface area contributed by atoms with E-state index < -0.39 is 0 Å². The summed E-state index contributed by atoms with van der Waals surface area (Å²) in [5.74, 6) is 1.18. The number of nitrogens with one attached hydrogen (secondary N) is 1. The van der Waals surface area contributed by atoms with Gasteiger partial charge in [0.2, 0.25) is 11.9 Å². The number of benzene rings is 2. The molecule has 1 aliphatic heterocycles. The first kappa shape index (κ1) is 22.4. The number of hydrogen-bond donors (Lipinski definition) is 1. The molecular formula is C24H29N5O2S. The van der Waals surface area contributed by atoms with Gasteiger partial charge in [0.1, 0.15) is 0 Å². The van der Waals surface area contributed by atoms with Crippen LogP contribution in [0.15, 0.2) is 65.8 Å². The molecule has 1 aliphatic rings. The molecule has 7 nitrogen and oxygen atoms in total. The van der Waals surface area contributed by atoms with Gasteiger partial charge in [0, 0.05) is 19.6 Å². The summed E-state index contributed by atoms with van der Waals surface area (Å²) in [7, 11) is 0. The Kier molecular flexibility index (Phi) is 8.17. The number of thioether (sulfide) groups is 1. The number of aryl methyl sites for hydroxylation is 1. The molecule has 1 amide bonds. The molecule has 3 aromatic rings. The van der Waals surface area contributed by atoms with Gasteiger partial charge in [0.05, 0.1) is 25.5 Å². The monoisotopic (exact) mass is 451 g/mol. The lowest BCUT2D eigenvalue weighted by Gasteiger charge is -2.28. The van der Waals surface area contributed by atoms with Crippen LogP contribution in [0.1, 0.15) is 17.5 Å². The molecular weight excluding hydrogens is 422 g/mol. The highest BCUT2D eigenvalue weighted by Gasteiger charge is 2.21. The van der Waals surface area contributed by atoms with E-state index in [1.165, 1.54) is 22.9 Å². The second-order valence-electron chi connectivity index (χ2n) is 7.68. The van der Waals surface area contributed by atoms with Crippen LogP contribution in [-0.4, -0.2) is 59.3 Å². The SMILES string of the molecule is O=C(CSc1nnc(N2CCOCC2)n1Cc1ccccc1)NCCCc1ccccc1. The Morgan fingerprint density at radius 1 is 0.969 bits per heavy atom. The van der Waals surface area contributed by atoms with E-state index in [1.54, 1.807) is 0 Å². The van der Waals surface area contributed by atoms with Crippen molar-refractivity contribution < 1.29 is 9.53 Å². The fourth-order valence-corrected chi connectivity index (χ4v) is 4.40. The van der Waals surface area contributed by atoms with Crippen molar-refractivity contribution in [3.8, 4) is 0 Å². The lowest BCUT2D eigenvalue weighted by molar-refractivity contribution is -0.118. The highest BCUT2D eigenvalue weighted by molar-refractivity contribution is 7.99. The molecule has 2 aromatic carbocycles. The maximum Gasteiger partial charge on any atom is 0.230 e. The van der Waals surface area contributed by atoms with Crippen LogP contribution in [0.4, 0.5) is 5.95 Å². The number of carbonyl (C=O) groups excluding carboxylic acids is 1. The summed E-state index contributed by atoms with van der Waals surface area (Å²) >= 11 is 1.43. The number of aromatic nitrogens is 3. The van der Waals surface area contributed by atoms with Gasteiger partial charge in [-0.1, -0.05) is 72.4 Å². The fourth-order valence-electron chi connectivity index (χ4n) is 3.64. The van der Waals surface area contributed by atoms with Gasteiger partial charge < -0.3 is 15.0 Å². The van der Waals surface area contributed by atoms with Gasteiger partial charge in [-0.3, -0.25) is 9.36 Å². The molecule has 1 fully saturated rings. The van der Waals surface area contributed by atoms with Gasteiger partial charge in [0.15, 0.2) is 5.16 Å². The van der Waals surface area contributed by atoms with E-state index >= 15 is 0 Å². The molecule has 4 rings (SSSR count). The number of rotatable bonds is 10. The van der Waals surface area contributed by atoms with Crippen LogP contribution in [0.3, 0.4) is 0 Å². The summed E-state index contributed by atoms with van der Waals surface area (Å²) in [6.45, 7) is 4.29. The van der Waals surface area contributed by atoms with Crippen LogP contribution in [0.2, 0.25) is 0 Å². The maximum atomic E-state index is 12.4. The molecule has 0 unspecified atom stereocenters. The molecule has 0 bridgehead atoms. The number of morpholine rings is 1. The number of carbonyl (C=O) groups is 1. The molecule has 8 heteroatoms. The van der Waals surface area contributed by atoms with Crippen molar-refractivity contribution in [2.75, 3.05) is 43.5 Å². The molecule has 168 valence electrons. The average molecular weight is 452 g/mol. The average Bonchev–Trinajstić information content (AvgIpc) is 3.24. The van der Waals surface area contributed by atoms with Crippen LogP contribution in [0, 0.1) is 0 Å². The number of amides is 1. The number of nitrogens with zero attached hydrogens (tertiary/aromatic N) is 4. The Hall–Kier alpha value is -2.84. The van der Waals surface area contributed by atoms with E-state index in [1.807, 2.05) is 36.4 Å². The van der Waals surface area contributed by atoms with E-state index in [4.69, 9.17) is 4.74 Å². The summed E-state index contributed by atoms with van der Waals surface area (Å²) in [5.41, 5.74) is 2.47. The summed E-state index contributed by atoms with van der Waals surface area (Å²) in [5, 5.41) is 12.6. The summed E-state index contributed by atoms with van der Waals surface area (Å²) < 4.78 is 7.59. The Morgan fingerprint density at radius 2 is 1.66 bits per heavy atom. The fraction of sp³-hybridized carbons (Fsp3) is 0.375. The number of anilines is 1. The van der Waals surface area contributed by atoms with E-state index in [2.05, 4.69) is 49.2 Å². The molecule has 0 saturated carbocycles. The van der Waals surface area contributed by atoms with Crippen molar-refractivity contribution in [1.29, 1.82) is 0 Å². The zero-order valence-corrected chi connectivity index (χ0v) is 19.0. The first-order valence-corrected chi connectivity index (χ1v) is 12.0. The lowest BCUT2D eigenvalue weighted by Crippen LogP contribution is -2.38. The third kappa shape index (κ3) is 6.34. The van der Waals surface area contributed by atoms with Gasteiger partial charge in [-0.05, 0) is 24.0 Å². The van der Waals surface area contributed by atoms with Crippen molar-refractivity contribution in [1.82, 2.24) is 20.1 Å². The minimum atomic E-state index is 0.0187. The Labute approximate surface area is 193 Å². The molecule has 2 heterocycles. The predicted molar refractivity (Wildman–Crippen MR) is 127 cm³/mol. The van der Waals surface area contributed by atoms with E-state index in [0.717, 1.165) is 37.0 Å². The van der Waals surface area contributed by atoms with Gasteiger partial charge >= 0.3 is 0 Å². The van der Waals surface area contributed by atoms with E-state index in [0.29, 0.717) is 32.1 Å². The Morgan fingerprint density at radius 3 is 2.38 bits per heavy atom. The maximum absolute atomic E-state index is 12.4. The smallest absolute Gasteiger partial charge is 0.230 e. The largest absolute Gasteiger partial charge is 0.378 e. The molecule has 1 aromatic heterocycles. The first-order valence-electron chi connectivity index (χ1n) is 11.0. The summed E-state index contributed by atoms with van der Waals surface area (Å²) in [4.78, 5) is 14.6. The van der Waals surface area contributed by atoms with Crippen LogP contribution in [0.25, 0.3) is 0 Å². The molecule has 1 N–H and O–H groups in total. The first-order chi connectivity index (χ1) is 15.8. The minimum Gasteiger partial charge on any atom is -0.378 e. The quantitative estimate of drug-likeness (QED) is 0.377. The Balaban J connectivity index is 1.33. The van der Waals surface area contributed by atoms with E-state index in [9.17, 15) is 4.79 Å². The molecule has 1 saturated heterocycles. The van der Waals surface area contributed by atoms with Crippen LogP contribution >= 0.6 is 11.8 Å². The van der Waals surface area contributed by atoms with Crippen molar-refractivity contribution in [3.63, 3.8) is 0 Å². The standard InChI is InChI=1S/C24H29N5O2S/c30-22(25-13-7-12-20-8-3-1-4-9-20)19-32-24-27-26-23(28-14-16-31-17-15-28)29(24)18-21-10-5-2-6-11-21/h1-6,8-11H,7,12-19H2,(H,25,30).